The third-order valence-corrected chi connectivity index (χ3v) is 5.66. The third-order valence-electron chi connectivity index (χ3n) is 4.66. The summed E-state index contributed by atoms with van der Waals surface area (Å²) in [4.78, 5) is 16.6. The van der Waals surface area contributed by atoms with Crippen molar-refractivity contribution in [1.29, 1.82) is 0 Å². The van der Waals surface area contributed by atoms with E-state index in [1.807, 2.05) is 16.7 Å². The molecule has 0 aliphatic rings. The average molecular weight is 450 g/mol. The van der Waals surface area contributed by atoms with E-state index in [2.05, 4.69) is 20.5 Å². The minimum atomic E-state index is -0.331. The summed E-state index contributed by atoms with van der Waals surface area (Å²) in [5, 5.41) is 12.1. The number of halogens is 1. The molecule has 9 heteroatoms. The lowest BCUT2D eigenvalue weighted by atomic mass is 10.2. The van der Waals surface area contributed by atoms with E-state index in [4.69, 9.17) is 4.74 Å². The lowest BCUT2D eigenvalue weighted by Crippen LogP contribution is -2.24. The minimum absolute atomic E-state index is 0.158. The Bertz CT molecular complexity index is 1180. The van der Waals surface area contributed by atoms with Crippen LogP contribution in [0.4, 0.5) is 4.39 Å². The first kappa shape index (κ1) is 21.5. The van der Waals surface area contributed by atoms with Crippen LogP contribution in [0.2, 0.25) is 0 Å². The Labute approximate surface area is 188 Å². The highest BCUT2D eigenvalue weighted by molar-refractivity contribution is 7.98. The number of hydrogen-bond donors (Lipinski definition) is 1. The number of thioether (sulfide) groups is 1. The molecule has 1 amide bonds. The first-order valence-electron chi connectivity index (χ1n) is 9.78. The second-order valence-electron chi connectivity index (χ2n) is 6.77. The number of carbonyl (C=O) groups is 1. The number of pyridine rings is 1. The minimum Gasteiger partial charge on any atom is -0.497 e. The van der Waals surface area contributed by atoms with Crippen molar-refractivity contribution in [2.75, 3.05) is 7.11 Å². The lowest BCUT2D eigenvalue weighted by Gasteiger charge is -2.11. The Morgan fingerprint density at radius 1 is 1.03 bits per heavy atom. The highest BCUT2D eigenvalue weighted by atomic mass is 32.2. The van der Waals surface area contributed by atoms with Gasteiger partial charge in [0.2, 0.25) is 0 Å². The molecule has 0 aliphatic heterocycles. The number of nitrogens with zero attached hydrogens (tertiary/aromatic N) is 4. The second-order valence-corrected chi connectivity index (χ2v) is 7.71. The van der Waals surface area contributed by atoms with Crippen molar-refractivity contribution in [3.05, 3.63) is 95.8 Å². The zero-order valence-corrected chi connectivity index (χ0v) is 18.1. The van der Waals surface area contributed by atoms with Crippen LogP contribution >= 0.6 is 11.8 Å². The quantitative estimate of drug-likeness (QED) is 0.409. The molecule has 0 saturated carbocycles. The van der Waals surface area contributed by atoms with Gasteiger partial charge in [-0.05, 0) is 66.2 Å². The number of amides is 1. The van der Waals surface area contributed by atoms with Crippen LogP contribution in [-0.2, 0) is 12.3 Å². The summed E-state index contributed by atoms with van der Waals surface area (Å²) in [5.41, 5.74) is 2.31. The summed E-state index contributed by atoms with van der Waals surface area (Å²) in [7, 11) is 1.57. The summed E-state index contributed by atoms with van der Waals surface area (Å²) in [6, 6.07) is 16.8. The first-order valence-corrected chi connectivity index (χ1v) is 10.8. The number of ether oxygens (including phenoxy) is 1. The van der Waals surface area contributed by atoms with Gasteiger partial charge in [-0.1, -0.05) is 11.8 Å². The molecule has 0 atom stereocenters. The van der Waals surface area contributed by atoms with Gasteiger partial charge in [0.25, 0.3) is 5.91 Å². The Hall–Kier alpha value is -3.72. The number of aromatic nitrogens is 4. The Balaban J connectivity index is 1.54. The summed E-state index contributed by atoms with van der Waals surface area (Å²) >= 11 is 1.50. The predicted octanol–water partition coefficient (Wildman–Crippen LogP) is 4.03. The lowest BCUT2D eigenvalue weighted by molar-refractivity contribution is 0.0949. The normalized spacial score (nSPS) is 10.7. The molecule has 0 radical (unpaired) electrons. The summed E-state index contributed by atoms with van der Waals surface area (Å²) in [6.07, 6.45) is 3.47. The zero-order valence-electron chi connectivity index (χ0n) is 17.2. The standard InChI is InChI=1S/C23H20FN5O2S/c1-31-20-8-2-17(3-9-20)22(30)26-14-21-27-28-23(32-15-16-10-12-25-13-11-16)29(21)19-6-4-18(24)5-7-19/h2-13H,14-15H2,1H3,(H,26,30). The van der Waals surface area contributed by atoms with E-state index in [1.54, 1.807) is 55.9 Å². The molecule has 0 bridgehead atoms. The molecule has 32 heavy (non-hydrogen) atoms. The van der Waals surface area contributed by atoms with Crippen LogP contribution in [0, 0.1) is 5.82 Å². The van der Waals surface area contributed by atoms with Gasteiger partial charge < -0.3 is 10.1 Å². The Morgan fingerprint density at radius 2 is 1.75 bits per heavy atom. The predicted molar refractivity (Wildman–Crippen MR) is 119 cm³/mol. The largest absolute Gasteiger partial charge is 0.497 e. The summed E-state index contributed by atoms with van der Waals surface area (Å²) in [5.74, 6) is 1.30. The van der Waals surface area contributed by atoms with Gasteiger partial charge in [-0.2, -0.15) is 0 Å². The fourth-order valence-electron chi connectivity index (χ4n) is 2.99. The van der Waals surface area contributed by atoms with Crippen LogP contribution in [-0.4, -0.2) is 32.8 Å². The van der Waals surface area contributed by atoms with Crippen molar-refractivity contribution in [2.24, 2.45) is 0 Å². The Kier molecular flexibility index (Phi) is 6.76. The van der Waals surface area contributed by atoms with Crippen LogP contribution in [0.15, 0.2) is 78.2 Å². The molecule has 4 rings (SSSR count). The zero-order chi connectivity index (χ0) is 22.3. The van der Waals surface area contributed by atoms with E-state index in [0.29, 0.717) is 33.7 Å². The number of hydrogen-bond acceptors (Lipinski definition) is 6. The van der Waals surface area contributed by atoms with Crippen LogP contribution < -0.4 is 10.1 Å². The smallest absolute Gasteiger partial charge is 0.251 e. The van der Waals surface area contributed by atoms with E-state index in [9.17, 15) is 9.18 Å². The van der Waals surface area contributed by atoms with Gasteiger partial charge in [0.1, 0.15) is 11.6 Å². The molecule has 2 aromatic carbocycles. The van der Waals surface area contributed by atoms with Crippen molar-refractivity contribution in [1.82, 2.24) is 25.1 Å². The molecular weight excluding hydrogens is 429 g/mol. The third kappa shape index (κ3) is 5.12. The van der Waals surface area contributed by atoms with Crippen molar-refractivity contribution >= 4 is 17.7 Å². The summed E-state index contributed by atoms with van der Waals surface area (Å²) < 4.78 is 20.4. The molecule has 0 spiro atoms. The van der Waals surface area contributed by atoms with Gasteiger partial charge >= 0.3 is 0 Å². The Morgan fingerprint density at radius 3 is 2.44 bits per heavy atom. The average Bonchev–Trinajstić information content (AvgIpc) is 3.25. The maximum absolute atomic E-state index is 13.5. The van der Waals surface area contributed by atoms with Crippen LogP contribution in [0.1, 0.15) is 21.7 Å². The first-order chi connectivity index (χ1) is 15.6. The molecule has 0 aliphatic carbocycles. The van der Waals surface area contributed by atoms with Gasteiger partial charge in [0, 0.05) is 29.4 Å². The molecule has 2 heterocycles. The van der Waals surface area contributed by atoms with Crippen LogP contribution in [0.25, 0.3) is 5.69 Å². The molecule has 0 fully saturated rings. The molecule has 4 aromatic rings. The van der Waals surface area contributed by atoms with Gasteiger partial charge in [0.15, 0.2) is 11.0 Å². The van der Waals surface area contributed by atoms with Gasteiger partial charge in [0.05, 0.1) is 13.7 Å². The van der Waals surface area contributed by atoms with E-state index < -0.39 is 0 Å². The topological polar surface area (TPSA) is 81.9 Å². The fraction of sp³-hybridized carbons (Fsp3) is 0.130. The summed E-state index contributed by atoms with van der Waals surface area (Å²) in [6.45, 7) is 0.158. The van der Waals surface area contributed by atoms with Gasteiger partial charge in [-0.25, -0.2) is 4.39 Å². The second kappa shape index (κ2) is 10.1. The maximum Gasteiger partial charge on any atom is 0.251 e. The van der Waals surface area contributed by atoms with Crippen molar-refractivity contribution in [2.45, 2.75) is 17.5 Å². The van der Waals surface area contributed by atoms with E-state index in [1.165, 1.54) is 23.9 Å². The van der Waals surface area contributed by atoms with Crippen molar-refractivity contribution in [3.8, 4) is 11.4 Å². The molecule has 0 saturated heterocycles. The number of benzene rings is 2. The van der Waals surface area contributed by atoms with Gasteiger partial charge in [-0.15, -0.1) is 10.2 Å². The van der Waals surface area contributed by atoms with Gasteiger partial charge in [-0.3, -0.25) is 14.3 Å². The van der Waals surface area contributed by atoms with E-state index in [0.717, 1.165) is 5.56 Å². The number of nitrogens with one attached hydrogen (secondary N) is 1. The van der Waals surface area contributed by atoms with Crippen LogP contribution in [0.3, 0.4) is 0 Å². The number of methoxy groups -OCH3 is 1. The number of rotatable bonds is 8. The maximum atomic E-state index is 13.5. The SMILES string of the molecule is COc1ccc(C(=O)NCc2nnc(SCc3ccncc3)n2-c2ccc(F)cc2)cc1. The highest BCUT2D eigenvalue weighted by Gasteiger charge is 2.16. The molecular formula is C23H20FN5O2S. The van der Waals surface area contributed by atoms with E-state index in [-0.39, 0.29) is 18.3 Å². The molecule has 1 N–H and O–H groups in total. The fourth-order valence-corrected chi connectivity index (χ4v) is 3.92. The van der Waals surface area contributed by atoms with E-state index >= 15 is 0 Å². The molecule has 7 nitrogen and oxygen atoms in total. The molecule has 2 aromatic heterocycles. The van der Waals surface area contributed by atoms with Crippen molar-refractivity contribution in [3.63, 3.8) is 0 Å². The highest BCUT2D eigenvalue weighted by Crippen LogP contribution is 2.25. The molecule has 0 unspecified atom stereocenters. The molecule has 162 valence electrons. The number of carbonyl (C=O) groups excluding carboxylic acids is 1. The van der Waals surface area contributed by atoms with Crippen LogP contribution in [0.5, 0.6) is 5.75 Å². The van der Waals surface area contributed by atoms with Crippen molar-refractivity contribution < 1.29 is 13.9 Å². The monoisotopic (exact) mass is 449 g/mol.